The van der Waals surface area contributed by atoms with Crippen LogP contribution in [0.2, 0.25) is 0 Å². The van der Waals surface area contributed by atoms with Crippen LogP contribution in [0, 0.1) is 5.92 Å². The van der Waals surface area contributed by atoms with E-state index in [0.717, 1.165) is 23.4 Å². The van der Waals surface area contributed by atoms with Gasteiger partial charge in [-0.3, -0.25) is 14.4 Å². The highest BCUT2D eigenvalue weighted by Gasteiger charge is 2.60. The van der Waals surface area contributed by atoms with Gasteiger partial charge in [0, 0.05) is 19.8 Å². The number of anilines is 3. The van der Waals surface area contributed by atoms with Gasteiger partial charge < -0.3 is 9.64 Å². The van der Waals surface area contributed by atoms with Gasteiger partial charge in [0.05, 0.1) is 24.0 Å². The highest BCUT2D eigenvalue weighted by atomic mass is 16.7. The second-order valence-electron chi connectivity index (χ2n) is 8.97. The van der Waals surface area contributed by atoms with Crippen molar-refractivity contribution in [2.45, 2.75) is 25.5 Å². The van der Waals surface area contributed by atoms with Crippen molar-refractivity contribution >= 4 is 28.9 Å². The number of para-hydroxylation sites is 3. The summed E-state index contributed by atoms with van der Waals surface area (Å²) in [7, 11) is 3.96. The first-order chi connectivity index (χ1) is 17.0. The predicted octanol–water partition coefficient (Wildman–Crippen LogP) is 4.59. The van der Waals surface area contributed by atoms with Crippen LogP contribution in [0.3, 0.4) is 0 Å². The van der Waals surface area contributed by atoms with Crippen LogP contribution in [0.25, 0.3) is 0 Å². The van der Waals surface area contributed by atoms with E-state index in [0.29, 0.717) is 18.0 Å². The molecule has 0 unspecified atom stereocenters. The molecule has 2 aliphatic heterocycles. The summed E-state index contributed by atoms with van der Waals surface area (Å²) in [5.41, 5.74) is 3.21. The van der Waals surface area contributed by atoms with Crippen LogP contribution >= 0.6 is 0 Å². The molecule has 0 aliphatic carbocycles. The Morgan fingerprint density at radius 3 is 2.26 bits per heavy atom. The average molecular weight is 472 g/mol. The maximum atomic E-state index is 13.9. The first kappa shape index (κ1) is 22.9. The Morgan fingerprint density at radius 2 is 1.57 bits per heavy atom. The van der Waals surface area contributed by atoms with E-state index in [1.807, 2.05) is 86.6 Å². The zero-order valence-corrected chi connectivity index (χ0v) is 20.1. The van der Waals surface area contributed by atoms with E-state index in [2.05, 4.69) is 0 Å². The summed E-state index contributed by atoms with van der Waals surface area (Å²) in [4.78, 5) is 37.0. The van der Waals surface area contributed by atoms with Gasteiger partial charge in [0.25, 0.3) is 5.91 Å². The molecule has 7 heteroatoms. The highest BCUT2D eigenvalue weighted by Crippen LogP contribution is 2.48. The zero-order valence-electron chi connectivity index (χ0n) is 20.1. The molecule has 0 radical (unpaired) electrons. The molecule has 2 amide bonds. The third-order valence-corrected chi connectivity index (χ3v) is 6.44. The lowest BCUT2D eigenvalue weighted by Gasteiger charge is -2.29. The number of carbonyl (C=O) groups excluding carboxylic acids is 2. The number of ether oxygens (including phenoxy) is 1. The SMILES string of the molecule is CCCOc1ccccc1N1C(=O)[C@@H]2[C@H](ON(c3ccccc3)[C@H]2c2ccc(N(C)C)cc2)C1=O. The van der Waals surface area contributed by atoms with E-state index in [1.165, 1.54) is 4.90 Å². The molecule has 2 saturated heterocycles. The average Bonchev–Trinajstić information content (AvgIpc) is 3.39. The lowest BCUT2D eigenvalue weighted by atomic mass is 9.90. The molecular weight excluding hydrogens is 442 g/mol. The van der Waals surface area contributed by atoms with E-state index in [4.69, 9.17) is 9.57 Å². The number of fused-ring (bicyclic) bond motifs is 1. The molecule has 3 atom stereocenters. The van der Waals surface area contributed by atoms with Crippen molar-refractivity contribution in [1.29, 1.82) is 0 Å². The van der Waals surface area contributed by atoms with Crippen molar-refractivity contribution in [3.05, 3.63) is 84.4 Å². The summed E-state index contributed by atoms with van der Waals surface area (Å²) in [5, 5.41) is 1.71. The Kier molecular flexibility index (Phi) is 6.17. The lowest BCUT2D eigenvalue weighted by molar-refractivity contribution is -0.126. The number of benzene rings is 3. The van der Waals surface area contributed by atoms with Crippen molar-refractivity contribution in [2.75, 3.05) is 35.6 Å². The van der Waals surface area contributed by atoms with Gasteiger partial charge in [-0.05, 0) is 48.4 Å². The van der Waals surface area contributed by atoms with Gasteiger partial charge >= 0.3 is 0 Å². The normalized spacial score (nSPS) is 21.4. The van der Waals surface area contributed by atoms with E-state index >= 15 is 0 Å². The van der Waals surface area contributed by atoms with Crippen LogP contribution in [-0.2, 0) is 14.4 Å². The van der Waals surface area contributed by atoms with Gasteiger partial charge in [-0.2, -0.15) is 0 Å². The number of hydrogen-bond donors (Lipinski definition) is 0. The molecule has 3 aromatic carbocycles. The van der Waals surface area contributed by atoms with Crippen LogP contribution in [0.1, 0.15) is 24.9 Å². The number of amides is 2. The molecule has 2 fully saturated rings. The van der Waals surface area contributed by atoms with Gasteiger partial charge in [0.15, 0.2) is 6.10 Å². The molecule has 7 nitrogen and oxygen atoms in total. The quantitative estimate of drug-likeness (QED) is 0.470. The molecule has 3 aromatic rings. The molecule has 0 bridgehead atoms. The van der Waals surface area contributed by atoms with E-state index in [9.17, 15) is 9.59 Å². The van der Waals surface area contributed by atoms with Gasteiger partial charge in [-0.25, -0.2) is 9.96 Å². The van der Waals surface area contributed by atoms with Gasteiger partial charge in [0.1, 0.15) is 11.7 Å². The Morgan fingerprint density at radius 1 is 0.886 bits per heavy atom. The number of hydrogen-bond acceptors (Lipinski definition) is 6. The standard InChI is InChI=1S/C28H29N3O4/c1-4-18-34-23-13-9-8-12-22(23)30-27(32)24-25(19-14-16-20(17-15-19)29(2)3)31(35-26(24)28(30)33)21-10-6-5-7-11-21/h5-17,24-26H,4,18H2,1-3H3/t24-,25-,26-/m0/s1. The second-order valence-corrected chi connectivity index (χ2v) is 8.97. The van der Waals surface area contributed by atoms with E-state index < -0.39 is 18.1 Å². The Labute approximate surface area is 205 Å². The third-order valence-electron chi connectivity index (χ3n) is 6.44. The highest BCUT2D eigenvalue weighted by molar-refractivity contribution is 6.24. The third kappa shape index (κ3) is 4.02. The van der Waals surface area contributed by atoms with E-state index in [1.54, 1.807) is 23.3 Å². The molecule has 0 N–H and O–H groups in total. The summed E-state index contributed by atoms with van der Waals surface area (Å²) in [6.45, 7) is 2.51. The summed E-state index contributed by atoms with van der Waals surface area (Å²) in [5.74, 6) is -0.830. The summed E-state index contributed by atoms with van der Waals surface area (Å²) >= 11 is 0. The van der Waals surface area contributed by atoms with Crippen LogP contribution in [-0.4, -0.2) is 38.6 Å². The number of nitrogens with zero attached hydrogens (tertiary/aromatic N) is 3. The Bertz CT molecular complexity index is 1210. The number of carbonyl (C=O) groups is 2. The molecule has 0 saturated carbocycles. The first-order valence-corrected chi connectivity index (χ1v) is 11.9. The van der Waals surface area contributed by atoms with Gasteiger partial charge in [-0.1, -0.05) is 49.4 Å². The molecule has 35 heavy (non-hydrogen) atoms. The predicted molar refractivity (Wildman–Crippen MR) is 136 cm³/mol. The molecule has 180 valence electrons. The monoisotopic (exact) mass is 471 g/mol. The maximum Gasteiger partial charge on any atom is 0.266 e. The first-order valence-electron chi connectivity index (χ1n) is 11.9. The fraction of sp³-hybridized carbons (Fsp3) is 0.286. The number of rotatable bonds is 7. The Balaban J connectivity index is 1.55. The molecule has 0 spiro atoms. The van der Waals surface area contributed by atoms with Crippen LogP contribution in [0.5, 0.6) is 5.75 Å². The molecule has 5 rings (SSSR count). The number of hydroxylamine groups is 1. The number of imide groups is 1. The molecule has 0 aromatic heterocycles. The molecule has 2 heterocycles. The molecule has 2 aliphatic rings. The summed E-state index contributed by atoms with van der Waals surface area (Å²) in [6.07, 6.45) is -0.0952. The van der Waals surface area contributed by atoms with Crippen molar-refractivity contribution in [3.63, 3.8) is 0 Å². The zero-order chi connectivity index (χ0) is 24.5. The van der Waals surface area contributed by atoms with Crippen LogP contribution in [0.15, 0.2) is 78.9 Å². The molecular formula is C28H29N3O4. The van der Waals surface area contributed by atoms with Gasteiger partial charge in [0.2, 0.25) is 5.91 Å². The topological polar surface area (TPSA) is 62.3 Å². The maximum absolute atomic E-state index is 13.9. The van der Waals surface area contributed by atoms with E-state index in [-0.39, 0.29) is 11.8 Å². The minimum Gasteiger partial charge on any atom is -0.491 e. The van der Waals surface area contributed by atoms with Crippen molar-refractivity contribution < 1.29 is 19.2 Å². The fourth-order valence-corrected chi connectivity index (χ4v) is 4.74. The lowest BCUT2D eigenvalue weighted by Crippen LogP contribution is -2.37. The van der Waals surface area contributed by atoms with Crippen molar-refractivity contribution in [1.82, 2.24) is 0 Å². The van der Waals surface area contributed by atoms with Crippen molar-refractivity contribution in [3.8, 4) is 5.75 Å². The second kappa shape index (κ2) is 9.43. The fourth-order valence-electron chi connectivity index (χ4n) is 4.74. The Hall–Kier alpha value is -3.84. The minimum atomic E-state index is -0.916. The minimum absolute atomic E-state index is 0.285. The largest absolute Gasteiger partial charge is 0.491 e. The van der Waals surface area contributed by atoms with Crippen molar-refractivity contribution in [2.24, 2.45) is 5.92 Å². The smallest absolute Gasteiger partial charge is 0.266 e. The van der Waals surface area contributed by atoms with Crippen LogP contribution in [0.4, 0.5) is 17.1 Å². The van der Waals surface area contributed by atoms with Crippen LogP contribution < -0.4 is 19.6 Å². The summed E-state index contributed by atoms with van der Waals surface area (Å²) in [6, 6.07) is 24.3. The van der Waals surface area contributed by atoms with Gasteiger partial charge in [-0.15, -0.1) is 0 Å². The summed E-state index contributed by atoms with van der Waals surface area (Å²) < 4.78 is 5.85.